The van der Waals surface area contributed by atoms with Crippen LogP contribution in [0.5, 0.6) is 0 Å². The predicted molar refractivity (Wildman–Crippen MR) is 47.8 cm³/mol. The van der Waals surface area contributed by atoms with Crippen LogP contribution in [0.1, 0.15) is 13.8 Å². The van der Waals surface area contributed by atoms with Gasteiger partial charge in [-0.25, -0.2) is 0 Å². The Labute approximate surface area is 76.6 Å². The van der Waals surface area contributed by atoms with Crippen LogP contribution >= 0.6 is 12.8 Å². The van der Waals surface area contributed by atoms with E-state index >= 15 is 0 Å². The summed E-state index contributed by atoms with van der Waals surface area (Å²) in [7, 11) is 0. The summed E-state index contributed by atoms with van der Waals surface area (Å²) >= 11 is 3.52. The van der Waals surface area contributed by atoms with Crippen LogP contribution in [0, 0.1) is 0 Å². The third kappa shape index (κ3) is 5.84. The topological polar surface area (TPSA) is 59.9 Å². The van der Waals surface area contributed by atoms with Gasteiger partial charge in [0, 0.05) is 6.92 Å². The van der Waals surface area contributed by atoms with E-state index in [1.807, 2.05) is 6.92 Å². The molecule has 0 atom stereocenters. The van der Waals surface area contributed by atoms with Crippen LogP contribution in [0.15, 0.2) is 5.16 Å². The summed E-state index contributed by atoms with van der Waals surface area (Å²) in [6.07, 6.45) is 0. The van der Waals surface area contributed by atoms with Crippen molar-refractivity contribution < 1.29 is 14.4 Å². The molecule has 0 unspecified atom stereocenters. The molecule has 1 N–H and O–H groups in total. The lowest BCUT2D eigenvalue weighted by atomic mass is 10.7. The third-order valence-corrected chi connectivity index (χ3v) is 1.12. The number of carbonyl (C=O) groups is 1. The molecule has 12 heavy (non-hydrogen) atoms. The molecule has 0 aromatic carbocycles. The fourth-order valence-electron chi connectivity index (χ4n) is 0.449. The van der Waals surface area contributed by atoms with E-state index in [0.29, 0.717) is 12.5 Å². The van der Waals surface area contributed by atoms with Crippen LogP contribution in [0.3, 0.4) is 0 Å². The Morgan fingerprint density at radius 1 is 1.67 bits per heavy atom. The Bertz CT molecular complexity index is 172. The minimum absolute atomic E-state index is 0.159. The zero-order chi connectivity index (χ0) is 9.40. The second-order valence-corrected chi connectivity index (χ2v) is 2.08. The molecule has 5 nitrogen and oxygen atoms in total. The van der Waals surface area contributed by atoms with Crippen molar-refractivity contribution in [1.82, 2.24) is 4.72 Å². The number of ether oxygens (including phenoxy) is 1. The van der Waals surface area contributed by atoms with Crippen LogP contribution in [0.25, 0.3) is 0 Å². The van der Waals surface area contributed by atoms with Crippen molar-refractivity contribution in [3.63, 3.8) is 0 Å². The molecule has 6 heteroatoms. The van der Waals surface area contributed by atoms with Crippen molar-refractivity contribution in [3.8, 4) is 0 Å². The minimum Gasteiger partial charge on any atom is -0.479 e. The van der Waals surface area contributed by atoms with Crippen molar-refractivity contribution in [1.29, 1.82) is 0 Å². The van der Waals surface area contributed by atoms with E-state index in [4.69, 9.17) is 4.74 Å². The number of hydrogen-bond acceptors (Lipinski definition) is 5. The molecule has 0 saturated carbocycles. The molecular formula is C6H12N2O3S. The van der Waals surface area contributed by atoms with E-state index < -0.39 is 0 Å². The molecule has 1 amide bonds. The molecule has 70 valence electrons. The highest BCUT2D eigenvalue weighted by Crippen LogP contribution is 1.84. The molecule has 0 aliphatic rings. The van der Waals surface area contributed by atoms with E-state index in [2.05, 4.69) is 27.5 Å². The molecule has 0 bridgehead atoms. The lowest BCUT2D eigenvalue weighted by Crippen LogP contribution is -2.18. The van der Waals surface area contributed by atoms with Crippen molar-refractivity contribution in [2.45, 2.75) is 13.8 Å². The fraction of sp³-hybridized carbons (Fsp3) is 0.667. The molecular weight excluding hydrogens is 180 g/mol. The summed E-state index contributed by atoms with van der Waals surface area (Å²) < 4.78 is 7.02. The van der Waals surface area contributed by atoms with Crippen LogP contribution < -0.4 is 4.72 Å². The number of amides is 1. The van der Waals surface area contributed by atoms with E-state index in [-0.39, 0.29) is 12.5 Å². The lowest BCUT2D eigenvalue weighted by Gasteiger charge is -2.01. The summed E-state index contributed by atoms with van der Waals surface area (Å²) in [6, 6.07) is 0. The number of rotatable bonds is 4. The van der Waals surface area contributed by atoms with Gasteiger partial charge < -0.3 is 9.57 Å². The standard InChI is InChI=1S/C6H12N2O3S/c1-3-10-5(2)7-11-4-6(9)8-12/h12H,3-4H2,1-2H3,(H,8,9)/b7-5+. The zero-order valence-electron chi connectivity index (χ0n) is 7.03. The Morgan fingerprint density at radius 2 is 2.33 bits per heavy atom. The molecule has 0 saturated heterocycles. The first-order valence-electron chi connectivity index (χ1n) is 3.43. The van der Waals surface area contributed by atoms with Gasteiger partial charge in [0.05, 0.1) is 6.61 Å². The van der Waals surface area contributed by atoms with E-state index in [1.54, 1.807) is 6.92 Å². The van der Waals surface area contributed by atoms with Gasteiger partial charge in [0.2, 0.25) is 5.90 Å². The first kappa shape index (κ1) is 11.1. The van der Waals surface area contributed by atoms with E-state index in [0.717, 1.165) is 0 Å². The number of nitrogens with zero attached hydrogens (tertiary/aromatic N) is 1. The Hall–Kier alpha value is -0.910. The first-order valence-corrected chi connectivity index (χ1v) is 3.87. The van der Waals surface area contributed by atoms with Crippen LogP contribution in [0.4, 0.5) is 0 Å². The third-order valence-electron chi connectivity index (χ3n) is 0.867. The van der Waals surface area contributed by atoms with Gasteiger partial charge in [-0.05, 0) is 6.92 Å². The predicted octanol–water partition coefficient (Wildman–Crippen LogP) is 0.334. The molecule has 0 fully saturated rings. The number of carbonyl (C=O) groups excluding carboxylic acids is 1. The smallest absolute Gasteiger partial charge is 0.270 e. The van der Waals surface area contributed by atoms with Gasteiger partial charge in [0.1, 0.15) is 0 Å². The van der Waals surface area contributed by atoms with Crippen molar-refractivity contribution >= 4 is 24.6 Å². The molecule has 0 rings (SSSR count). The number of hydrogen-bond donors (Lipinski definition) is 2. The van der Waals surface area contributed by atoms with Crippen LogP contribution in [-0.4, -0.2) is 25.0 Å². The summed E-state index contributed by atoms with van der Waals surface area (Å²) in [5.41, 5.74) is 0. The van der Waals surface area contributed by atoms with Crippen molar-refractivity contribution in [2.75, 3.05) is 13.2 Å². The number of oxime groups is 1. The van der Waals surface area contributed by atoms with E-state index in [9.17, 15) is 4.79 Å². The van der Waals surface area contributed by atoms with Crippen LogP contribution in [-0.2, 0) is 14.4 Å². The Kier molecular flexibility index (Phi) is 6.26. The second-order valence-electron chi connectivity index (χ2n) is 1.85. The zero-order valence-corrected chi connectivity index (χ0v) is 7.93. The molecule has 0 aliphatic carbocycles. The maximum Gasteiger partial charge on any atom is 0.270 e. The highest BCUT2D eigenvalue weighted by Gasteiger charge is 1.97. The number of nitrogens with one attached hydrogen (secondary N) is 1. The van der Waals surface area contributed by atoms with Gasteiger partial charge in [0.15, 0.2) is 6.61 Å². The molecule has 0 radical (unpaired) electrons. The van der Waals surface area contributed by atoms with Gasteiger partial charge in [-0.1, -0.05) is 18.0 Å². The molecule has 0 spiro atoms. The van der Waals surface area contributed by atoms with Gasteiger partial charge in [-0.15, -0.1) is 0 Å². The van der Waals surface area contributed by atoms with Gasteiger partial charge in [-0.3, -0.25) is 9.52 Å². The van der Waals surface area contributed by atoms with E-state index in [1.165, 1.54) is 0 Å². The maximum absolute atomic E-state index is 10.5. The van der Waals surface area contributed by atoms with Gasteiger partial charge in [0.25, 0.3) is 5.91 Å². The Morgan fingerprint density at radius 3 is 2.83 bits per heavy atom. The highest BCUT2D eigenvalue weighted by molar-refractivity contribution is 7.78. The maximum atomic E-state index is 10.5. The first-order chi connectivity index (χ1) is 5.70. The van der Waals surface area contributed by atoms with Crippen LogP contribution in [0.2, 0.25) is 0 Å². The number of thiol groups is 1. The quantitative estimate of drug-likeness (QED) is 0.292. The average Bonchev–Trinajstić information content (AvgIpc) is 2.04. The van der Waals surface area contributed by atoms with Crippen molar-refractivity contribution in [2.24, 2.45) is 5.16 Å². The summed E-state index contributed by atoms with van der Waals surface area (Å²) in [6.45, 7) is 3.84. The summed E-state index contributed by atoms with van der Waals surface area (Å²) in [5.74, 6) is 0.0378. The normalized spacial score (nSPS) is 10.8. The second kappa shape index (κ2) is 6.78. The SMILES string of the molecule is CCO/C(C)=N/OCC(=O)NS. The van der Waals surface area contributed by atoms with Gasteiger partial charge >= 0.3 is 0 Å². The highest BCUT2D eigenvalue weighted by atomic mass is 32.1. The summed E-state index contributed by atoms with van der Waals surface area (Å²) in [4.78, 5) is 15.1. The molecule has 0 aromatic rings. The molecule has 0 aromatic heterocycles. The molecule has 0 heterocycles. The fourth-order valence-corrected chi connectivity index (χ4v) is 0.514. The lowest BCUT2D eigenvalue weighted by molar-refractivity contribution is -0.123. The van der Waals surface area contributed by atoms with Gasteiger partial charge in [-0.2, -0.15) is 0 Å². The minimum atomic E-state index is -0.355. The monoisotopic (exact) mass is 192 g/mol. The average molecular weight is 192 g/mol. The molecule has 0 aliphatic heterocycles. The largest absolute Gasteiger partial charge is 0.479 e. The summed E-state index contributed by atoms with van der Waals surface area (Å²) in [5, 5.41) is 3.50. The van der Waals surface area contributed by atoms with Crippen molar-refractivity contribution in [3.05, 3.63) is 0 Å². The Balaban J connectivity index is 3.52.